The standard InChI is InChI=1S/C10H9BrN4O4S/c1-6-12-5-10(13-6)20(18,19)14-8-3-2-7(11)4-9(8)15(16)17/h2-5,14H,1H3,(H,12,13). The Morgan fingerprint density at radius 2 is 2.15 bits per heavy atom. The van der Waals surface area contributed by atoms with Crippen molar-refractivity contribution in [2.45, 2.75) is 11.9 Å². The molecule has 8 nitrogen and oxygen atoms in total. The van der Waals surface area contributed by atoms with Crippen LogP contribution in [-0.4, -0.2) is 23.3 Å². The Labute approximate surface area is 122 Å². The third-order valence-corrected chi connectivity index (χ3v) is 4.14. The van der Waals surface area contributed by atoms with Crippen molar-refractivity contribution < 1.29 is 13.3 Å². The van der Waals surface area contributed by atoms with E-state index in [0.717, 1.165) is 6.20 Å². The van der Waals surface area contributed by atoms with Gasteiger partial charge in [-0.25, -0.2) is 4.98 Å². The minimum atomic E-state index is -3.95. The Hall–Kier alpha value is -1.94. The van der Waals surface area contributed by atoms with E-state index in [1.54, 1.807) is 6.92 Å². The third-order valence-electron chi connectivity index (χ3n) is 2.37. The number of anilines is 1. The smallest absolute Gasteiger partial charge is 0.294 e. The lowest BCUT2D eigenvalue weighted by molar-refractivity contribution is -0.384. The maximum atomic E-state index is 12.1. The average molecular weight is 361 g/mol. The molecule has 1 aromatic heterocycles. The van der Waals surface area contributed by atoms with Crippen LogP contribution in [0.2, 0.25) is 0 Å². The number of nitro groups is 1. The van der Waals surface area contributed by atoms with E-state index in [9.17, 15) is 18.5 Å². The van der Waals surface area contributed by atoms with E-state index in [-0.39, 0.29) is 16.4 Å². The monoisotopic (exact) mass is 360 g/mol. The maximum absolute atomic E-state index is 12.1. The third kappa shape index (κ3) is 2.96. The fourth-order valence-electron chi connectivity index (χ4n) is 1.48. The van der Waals surface area contributed by atoms with Crippen LogP contribution in [0.25, 0.3) is 0 Å². The second-order valence-corrected chi connectivity index (χ2v) is 6.42. The predicted molar refractivity (Wildman–Crippen MR) is 74.9 cm³/mol. The molecule has 10 heteroatoms. The summed E-state index contributed by atoms with van der Waals surface area (Å²) in [5, 5.41) is 10.8. The predicted octanol–water partition coefficient (Wildman–Crippen LogP) is 2.19. The number of sulfonamides is 1. The first-order valence-electron chi connectivity index (χ1n) is 5.28. The van der Waals surface area contributed by atoms with E-state index in [4.69, 9.17) is 0 Å². The van der Waals surface area contributed by atoms with E-state index >= 15 is 0 Å². The van der Waals surface area contributed by atoms with E-state index < -0.39 is 14.9 Å². The highest BCUT2D eigenvalue weighted by molar-refractivity contribution is 9.10. The molecule has 0 aliphatic heterocycles. The zero-order valence-electron chi connectivity index (χ0n) is 10.1. The number of benzene rings is 1. The van der Waals surface area contributed by atoms with Crippen molar-refractivity contribution >= 4 is 37.3 Å². The minimum Gasteiger partial charge on any atom is -0.332 e. The first-order valence-corrected chi connectivity index (χ1v) is 7.55. The van der Waals surface area contributed by atoms with E-state index in [2.05, 4.69) is 30.6 Å². The molecule has 0 saturated heterocycles. The number of hydrogen-bond donors (Lipinski definition) is 2. The molecule has 1 heterocycles. The second kappa shape index (κ2) is 5.21. The molecule has 0 spiro atoms. The molecule has 106 valence electrons. The topological polar surface area (TPSA) is 118 Å². The molecular formula is C10H9BrN4O4S. The number of nitrogens with one attached hydrogen (secondary N) is 2. The van der Waals surface area contributed by atoms with Gasteiger partial charge in [-0.15, -0.1) is 0 Å². The van der Waals surface area contributed by atoms with Crippen LogP contribution in [0.3, 0.4) is 0 Å². The van der Waals surface area contributed by atoms with Gasteiger partial charge in [-0.3, -0.25) is 14.8 Å². The maximum Gasteiger partial charge on any atom is 0.294 e. The van der Waals surface area contributed by atoms with Crippen LogP contribution in [0.4, 0.5) is 11.4 Å². The first-order chi connectivity index (χ1) is 9.29. The van der Waals surface area contributed by atoms with Crippen LogP contribution in [0.1, 0.15) is 5.82 Å². The molecule has 0 radical (unpaired) electrons. The van der Waals surface area contributed by atoms with Crippen molar-refractivity contribution in [2.75, 3.05) is 4.72 Å². The highest BCUT2D eigenvalue weighted by atomic mass is 79.9. The Balaban J connectivity index is 2.42. The molecule has 2 rings (SSSR count). The molecular weight excluding hydrogens is 352 g/mol. The molecule has 0 bridgehead atoms. The van der Waals surface area contributed by atoms with Gasteiger partial charge in [0.15, 0.2) is 5.03 Å². The van der Waals surface area contributed by atoms with Gasteiger partial charge in [-0.05, 0) is 19.1 Å². The molecule has 0 saturated carbocycles. The Bertz CT molecular complexity index is 771. The van der Waals surface area contributed by atoms with Gasteiger partial charge in [0, 0.05) is 10.5 Å². The summed E-state index contributed by atoms with van der Waals surface area (Å²) >= 11 is 3.09. The van der Waals surface area contributed by atoms with E-state index in [1.165, 1.54) is 18.2 Å². The lowest BCUT2D eigenvalue weighted by Crippen LogP contribution is -2.14. The number of nitro benzene ring substituents is 1. The fourth-order valence-corrected chi connectivity index (χ4v) is 2.87. The summed E-state index contributed by atoms with van der Waals surface area (Å²) < 4.78 is 26.8. The first kappa shape index (κ1) is 14.5. The van der Waals surface area contributed by atoms with Gasteiger partial charge in [0.25, 0.3) is 15.7 Å². The molecule has 0 fully saturated rings. The quantitative estimate of drug-likeness (QED) is 0.639. The van der Waals surface area contributed by atoms with Gasteiger partial charge in [-0.2, -0.15) is 8.42 Å². The molecule has 0 amide bonds. The Morgan fingerprint density at radius 3 is 2.70 bits per heavy atom. The number of nitrogens with zero attached hydrogens (tertiary/aromatic N) is 2. The van der Waals surface area contributed by atoms with Crippen molar-refractivity contribution in [3.63, 3.8) is 0 Å². The molecule has 1 aromatic carbocycles. The van der Waals surface area contributed by atoms with Crippen LogP contribution >= 0.6 is 15.9 Å². The second-order valence-electron chi connectivity index (χ2n) is 3.86. The summed E-state index contributed by atoms with van der Waals surface area (Å²) in [4.78, 5) is 16.6. The largest absolute Gasteiger partial charge is 0.332 e. The molecule has 0 atom stereocenters. The number of aryl methyl sites for hydroxylation is 1. The van der Waals surface area contributed by atoms with Gasteiger partial charge in [0.2, 0.25) is 0 Å². The average Bonchev–Trinajstić information content (AvgIpc) is 2.78. The highest BCUT2D eigenvalue weighted by Gasteiger charge is 2.22. The summed E-state index contributed by atoms with van der Waals surface area (Å²) in [6.45, 7) is 1.60. The molecule has 0 unspecified atom stereocenters. The minimum absolute atomic E-state index is 0.120. The van der Waals surface area contributed by atoms with Gasteiger partial charge in [0.05, 0.1) is 11.1 Å². The van der Waals surface area contributed by atoms with Crippen LogP contribution in [0.5, 0.6) is 0 Å². The molecule has 2 aromatic rings. The number of rotatable bonds is 4. The van der Waals surface area contributed by atoms with E-state index in [1.807, 2.05) is 0 Å². The molecule has 2 N–H and O–H groups in total. The normalized spacial score (nSPS) is 11.3. The van der Waals surface area contributed by atoms with Crippen molar-refractivity contribution in [3.05, 3.63) is 44.8 Å². The SMILES string of the molecule is Cc1ncc(S(=O)(=O)Nc2ccc(Br)cc2[N+](=O)[O-])[nH]1. The molecule has 0 aliphatic rings. The van der Waals surface area contributed by atoms with Crippen LogP contribution < -0.4 is 4.72 Å². The van der Waals surface area contributed by atoms with Gasteiger partial charge < -0.3 is 4.98 Å². The Morgan fingerprint density at radius 1 is 1.45 bits per heavy atom. The van der Waals surface area contributed by atoms with Crippen molar-refractivity contribution in [2.24, 2.45) is 0 Å². The van der Waals surface area contributed by atoms with Crippen molar-refractivity contribution in [1.82, 2.24) is 9.97 Å². The van der Waals surface area contributed by atoms with Crippen LogP contribution in [-0.2, 0) is 10.0 Å². The number of aromatic nitrogens is 2. The molecule has 20 heavy (non-hydrogen) atoms. The van der Waals surface area contributed by atoms with Gasteiger partial charge in [0.1, 0.15) is 11.5 Å². The van der Waals surface area contributed by atoms with Gasteiger partial charge in [-0.1, -0.05) is 15.9 Å². The zero-order valence-corrected chi connectivity index (χ0v) is 12.5. The van der Waals surface area contributed by atoms with Gasteiger partial charge >= 0.3 is 0 Å². The number of aromatic amines is 1. The summed E-state index contributed by atoms with van der Waals surface area (Å²) in [5.74, 6) is 0.427. The van der Waals surface area contributed by atoms with Crippen LogP contribution in [0.15, 0.2) is 33.9 Å². The van der Waals surface area contributed by atoms with E-state index in [0.29, 0.717) is 10.3 Å². The highest BCUT2D eigenvalue weighted by Crippen LogP contribution is 2.29. The summed E-state index contributed by atoms with van der Waals surface area (Å²) in [7, 11) is -3.95. The summed E-state index contributed by atoms with van der Waals surface area (Å²) in [6, 6.07) is 4.03. The number of halogens is 1. The summed E-state index contributed by atoms with van der Waals surface area (Å²) in [6.07, 6.45) is 1.14. The fraction of sp³-hybridized carbons (Fsp3) is 0.100. The summed E-state index contributed by atoms with van der Waals surface area (Å²) in [5.41, 5.74) is -0.468. The van der Waals surface area contributed by atoms with Crippen molar-refractivity contribution in [3.8, 4) is 0 Å². The number of imidazole rings is 1. The number of H-pyrrole nitrogens is 1. The lowest BCUT2D eigenvalue weighted by Gasteiger charge is -2.07. The zero-order chi connectivity index (χ0) is 14.9. The lowest BCUT2D eigenvalue weighted by atomic mass is 10.3. The number of hydrogen-bond acceptors (Lipinski definition) is 5. The molecule has 0 aliphatic carbocycles. The van der Waals surface area contributed by atoms with Crippen LogP contribution in [0, 0.1) is 17.0 Å². The van der Waals surface area contributed by atoms with Crippen molar-refractivity contribution in [1.29, 1.82) is 0 Å². The Kier molecular flexibility index (Phi) is 3.77.